The lowest BCUT2D eigenvalue weighted by molar-refractivity contribution is -0.147. The average molecular weight is 338 g/mol. The first kappa shape index (κ1) is 20.1. The number of hydrogen-bond donors (Lipinski definition) is 2. The van der Waals surface area contributed by atoms with E-state index in [2.05, 4.69) is 0 Å². The molecule has 0 spiro atoms. The molecule has 1 rings (SSSR count). The van der Waals surface area contributed by atoms with Gasteiger partial charge in [0, 0.05) is 23.5 Å². The lowest BCUT2D eigenvalue weighted by Gasteiger charge is -2.24. The van der Waals surface area contributed by atoms with Crippen molar-refractivity contribution in [2.24, 2.45) is 11.8 Å². The summed E-state index contributed by atoms with van der Waals surface area (Å²) in [6, 6.07) is 0. The number of rotatable bonds is 7. The van der Waals surface area contributed by atoms with Crippen LogP contribution in [0.1, 0.15) is 56.3 Å². The summed E-state index contributed by atoms with van der Waals surface area (Å²) in [6.07, 6.45) is -0.774. The highest BCUT2D eigenvalue weighted by atomic mass is 16.4. The van der Waals surface area contributed by atoms with Crippen LogP contribution in [0.15, 0.2) is 9.21 Å². The Labute approximate surface area is 141 Å². The van der Waals surface area contributed by atoms with Crippen molar-refractivity contribution in [3.8, 4) is 0 Å². The van der Waals surface area contributed by atoms with Crippen LogP contribution in [-0.4, -0.2) is 28.1 Å². The highest BCUT2D eigenvalue weighted by Gasteiger charge is 2.35. The second-order valence-corrected chi connectivity index (χ2v) is 6.35. The van der Waals surface area contributed by atoms with E-state index in [4.69, 9.17) is 9.52 Å². The number of ketones is 1. The number of Topliss-reactive ketones (excluding diaryl/α,β-unsaturated/α-hetero) is 1. The maximum Gasteiger partial charge on any atom is 0.308 e. The summed E-state index contributed by atoms with van der Waals surface area (Å²) in [5.41, 5.74) is 0.754. The largest absolute Gasteiger partial charge is 0.481 e. The monoisotopic (exact) mass is 338 g/mol. The van der Waals surface area contributed by atoms with E-state index in [1.807, 2.05) is 6.92 Å². The predicted octanol–water partition coefficient (Wildman–Crippen LogP) is 2.21. The molecule has 134 valence electrons. The molecule has 0 fully saturated rings. The zero-order chi connectivity index (χ0) is 18.8. The fourth-order valence-corrected chi connectivity index (χ4v) is 2.83. The quantitative estimate of drug-likeness (QED) is 0.790. The van der Waals surface area contributed by atoms with Gasteiger partial charge in [-0.05, 0) is 27.7 Å². The molecule has 0 radical (unpaired) electrons. The van der Waals surface area contributed by atoms with Gasteiger partial charge in [0.1, 0.15) is 17.3 Å². The number of aliphatic hydroxyl groups excluding tert-OH is 1. The summed E-state index contributed by atoms with van der Waals surface area (Å²) >= 11 is 0. The standard InChI is InChI=1S/C18H26O6/c1-7-13-8(2)14(19)10(4)17(24-13)11(5)15(20)9(3)16(21)12(6)18(22)23/h9,11-12,16,21H,7H2,1-6H3,(H,22,23). The normalized spacial score (nSPS) is 16.3. The van der Waals surface area contributed by atoms with Crippen LogP contribution in [0, 0.1) is 25.7 Å². The van der Waals surface area contributed by atoms with E-state index in [-0.39, 0.29) is 17.0 Å². The van der Waals surface area contributed by atoms with E-state index in [0.29, 0.717) is 23.3 Å². The van der Waals surface area contributed by atoms with Crippen LogP contribution in [0.25, 0.3) is 0 Å². The Kier molecular flexibility index (Phi) is 6.49. The molecule has 0 saturated carbocycles. The van der Waals surface area contributed by atoms with Gasteiger partial charge in [-0.2, -0.15) is 0 Å². The summed E-state index contributed by atoms with van der Waals surface area (Å²) in [6.45, 7) is 9.61. The van der Waals surface area contributed by atoms with Crippen molar-refractivity contribution >= 4 is 11.8 Å². The molecule has 0 aliphatic heterocycles. The summed E-state index contributed by atoms with van der Waals surface area (Å²) in [7, 11) is 0. The molecule has 0 amide bonds. The van der Waals surface area contributed by atoms with Crippen LogP contribution in [0.3, 0.4) is 0 Å². The molecule has 0 aromatic carbocycles. The van der Waals surface area contributed by atoms with Gasteiger partial charge in [0.2, 0.25) is 0 Å². The number of aliphatic hydroxyl groups is 1. The van der Waals surface area contributed by atoms with Gasteiger partial charge in [0.25, 0.3) is 0 Å². The zero-order valence-corrected chi connectivity index (χ0v) is 15.0. The van der Waals surface area contributed by atoms with Crippen molar-refractivity contribution in [1.29, 1.82) is 0 Å². The summed E-state index contributed by atoms with van der Waals surface area (Å²) in [4.78, 5) is 35.9. The van der Waals surface area contributed by atoms with Gasteiger partial charge in [0.05, 0.1) is 17.9 Å². The second kappa shape index (κ2) is 7.75. The minimum absolute atomic E-state index is 0.153. The third-order valence-corrected chi connectivity index (χ3v) is 4.71. The Morgan fingerprint density at radius 3 is 2.08 bits per heavy atom. The third-order valence-electron chi connectivity index (χ3n) is 4.71. The smallest absolute Gasteiger partial charge is 0.308 e. The molecule has 4 atom stereocenters. The molecule has 6 heteroatoms. The Balaban J connectivity index is 3.20. The molecular weight excluding hydrogens is 312 g/mol. The third kappa shape index (κ3) is 3.75. The van der Waals surface area contributed by atoms with Crippen molar-refractivity contribution in [2.45, 2.75) is 60.0 Å². The van der Waals surface area contributed by atoms with Gasteiger partial charge in [-0.3, -0.25) is 14.4 Å². The van der Waals surface area contributed by atoms with Gasteiger partial charge < -0.3 is 14.6 Å². The first-order valence-corrected chi connectivity index (χ1v) is 8.12. The second-order valence-electron chi connectivity index (χ2n) is 6.35. The lowest BCUT2D eigenvalue weighted by Crippen LogP contribution is -2.37. The Morgan fingerprint density at radius 2 is 1.62 bits per heavy atom. The zero-order valence-electron chi connectivity index (χ0n) is 15.0. The fraction of sp³-hybridized carbons (Fsp3) is 0.611. The minimum atomic E-state index is -1.31. The Bertz CT molecular complexity index is 687. The van der Waals surface area contributed by atoms with Crippen molar-refractivity contribution in [3.05, 3.63) is 32.9 Å². The van der Waals surface area contributed by atoms with Gasteiger partial charge >= 0.3 is 5.97 Å². The number of carboxylic acids is 1. The molecule has 0 bridgehead atoms. The van der Waals surface area contributed by atoms with Crippen LogP contribution in [0.2, 0.25) is 0 Å². The maximum absolute atomic E-state index is 12.6. The van der Waals surface area contributed by atoms with E-state index in [9.17, 15) is 19.5 Å². The average Bonchev–Trinajstić information content (AvgIpc) is 2.56. The van der Waals surface area contributed by atoms with E-state index < -0.39 is 29.8 Å². The van der Waals surface area contributed by atoms with E-state index in [1.165, 1.54) is 13.8 Å². The topological polar surface area (TPSA) is 105 Å². The molecule has 24 heavy (non-hydrogen) atoms. The molecule has 0 aliphatic carbocycles. The molecule has 0 aliphatic rings. The van der Waals surface area contributed by atoms with E-state index >= 15 is 0 Å². The molecule has 1 aromatic heterocycles. The number of aryl methyl sites for hydroxylation is 1. The van der Waals surface area contributed by atoms with Gasteiger partial charge in [-0.25, -0.2) is 0 Å². The molecule has 6 nitrogen and oxygen atoms in total. The number of carboxylic acid groups (broad SMARTS) is 1. The molecule has 1 heterocycles. The highest BCUT2D eigenvalue weighted by molar-refractivity contribution is 5.88. The number of carbonyl (C=O) groups is 2. The minimum Gasteiger partial charge on any atom is -0.481 e. The summed E-state index contributed by atoms with van der Waals surface area (Å²) in [5, 5.41) is 19.1. The molecule has 0 saturated heterocycles. The van der Waals surface area contributed by atoms with Crippen LogP contribution in [0.4, 0.5) is 0 Å². The molecular formula is C18H26O6. The number of carbonyl (C=O) groups excluding carboxylic acids is 1. The molecule has 1 aromatic rings. The lowest BCUT2D eigenvalue weighted by atomic mass is 9.84. The Hall–Kier alpha value is -1.95. The van der Waals surface area contributed by atoms with Gasteiger partial charge in [-0.15, -0.1) is 0 Å². The van der Waals surface area contributed by atoms with Crippen molar-refractivity contribution in [1.82, 2.24) is 0 Å². The highest BCUT2D eigenvalue weighted by Crippen LogP contribution is 2.27. The summed E-state index contributed by atoms with van der Waals surface area (Å²) < 4.78 is 5.77. The van der Waals surface area contributed by atoms with Gasteiger partial charge in [-0.1, -0.05) is 13.8 Å². The summed E-state index contributed by atoms with van der Waals surface area (Å²) in [5.74, 6) is -3.39. The predicted molar refractivity (Wildman–Crippen MR) is 89.2 cm³/mol. The van der Waals surface area contributed by atoms with E-state index in [1.54, 1.807) is 20.8 Å². The molecule has 4 unspecified atom stereocenters. The van der Waals surface area contributed by atoms with Crippen LogP contribution in [-0.2, 0) is 16.0 Å². The van der Waals surface area contributed by atoms with Crippen LogP contribution in [0.5, 0.6) is 0 Å². The SMILES string of the molecule is CCc1oc(C(C)C(=O)C(C)C(O)C(C)C(=O)O)c(C)c(=O)c1C. The van der Waals surface area contributed by atoms with Crippen molar-refractivity contribution in [3.63, 3.8) is 0 Å². The maximum atomic E-state index is 12.6. The first-order valence-electron chi connectivity index (χ1n) is 8.12. The van der Waals surface area contributed by atoms with Crippen LogP contribution < -0.4 is 5.43 Å². The van der Waals surface area contributed by atoms with Crippen molar-refractivity contribution < 1.29 is 24.2 Å². The fourth-order valence-electron chi connectivity index (χ4n) is 2.83. The number of hydrogen-bond acceptors (Lipinski definition) is 5. The number of aliphatic carboxylic acids is 1. The van der Waals surface area contributed by atoms with Gasteiger partial charge in [0.15, 0.2) is 5.43 Å². The van der Waals surface area contributed by atoms with Crippen molar-refractivity contribution in [2.75, 3.05) is 0 Å². The van der Waals surface area contributed by atoms with E-state index in [0.717, 1.165) is 0 Å². The Morgan fingerprint density at radius 1 is 1.08 bits per heavy atom. The van der Waals surface area contributed by atoms with Crippen LogP contribution >= 0.6 is 0 Å². The molecule has 2 N–H and O–H groups in total. The first-order chi connectivity index (χ1) is 11.0.